The molecule has 0 aromatic rings. The highest BCUT2D eigenvalue weighted by Crippen LogP contribution is 2.20. The molecule has 0 aliphatic heterocycles. The highest BCUT2D eigenvalue weighted by molar-refractivity contribution is 5.92. The second kappa shape index (κ2) is 5.57. The summed E-state index contributed by atoms with van der Waals surface area (Å²) in [7, 11) is 5.26. The Balaban J connectivity index is 5.09. The number of aliphatic hydroxyl groups is 2. The zero-order valence-corrected chi connectivity index (χ0v) is 10.8. The van der Waals surface area contributed by atoms with Gasteiger partial charge >= 0.3 is 5.97 Å². The number of nitrogens with zero attached hydrogens (tertiary/aromatic N) is 1. The lowest BCUT2D eigenvalue weighted by Crippen LogP contribution is -2.56. The number of Topliss-reactive ketones (excluding diaryl/α,β-unsaturated/α-hetero) is 1. The van der Waals surface area contributed by atoms with E-state index < -0.39 is 36.3 Å². The molecule has 6 nitrogen and oxygen atoms in total. The number of hydrogen-bond acceptors (Lipinski definition) is 4. The second-order valence-corrected chi connectivity index (χ2v) is 5.50. The molecular formula is C11H22NO5+. The molecule has 0 aliphatic carbocycles. The van der Waals surface area contributed by atoms with E-state index in [9.17, 15) is 14.7 Å². The number of aliphatic hydroxyl groups excluding tert-OH is 1. The van der Waals surface area contributed by atoms with Crippen LogP contribution in [0.2, 0.25) is 0 Å². The van der Waals surface area contributed by atoms with Gasteiger partial charge < -0.3 is 19.8 Å². The van der Waals surface area contributed by atoms with E-state index in [2.05, 4.69) is 0 Å². The van der Waals surface area contributed by atoms with Gasteiger partial charge in [-0.15, -0.1) is 0 Å². The van der Waals surface area contributed by atoms with Crippen molar-refractivity contribution in [3.63, 3.8) is 0 Å². The van der Waals surface area contributed by atoms with Crippen molar-refractivity contribution in [1.29, 1.82) is 0 Å². The number of carbonyl (C=O) groups excluding carboxylic acids is 1. The number of aliphatic carboxylic acids is 1. The Bertz CT molecular complexity index is 297. The van der Waals surface area contributed by atoms with Gasteiger partial charge in [0.1, 0.15) is 6.54 Å². The molecule has 6 heteroatoms. The van der Waals surface area contributed by atoms with E-state index in [0.717, 1.165) is 0 Å². The van der Waals surface area contributed by atoms with E-state index in [1.54, 1.807) is 21.1 Å². The fourth-order valence-corrected chi connectivity index (χ4v) is 1.80. The normalized spacial score (nSPS) is 17.3. The number of quaternary nitrogens is 1. The third kappa shape index (κ3) is 5.25. The number of hydrogen-bond donors (Lipinski definition) is 3. The van der Waals surface area contributed by atoms with Crippen LogP contribution in [0, 0.1) is 5.92 Å². The predicted octanol–water partition coefficient (Wildman–Crippen LogP) is -0.904. The van der Waals surface area contributed by atoms with Crippen molar-refractivity contribution in [2.75, 3.05) is 34.3 Å². The first kappa shape index (κ1) is 16.0. The van der Waals surface area contributed by atoms with E-state index in [1.165, 1.54) is 6.92 Å². The molecule has 0 saturated carbocycles. The second-order valence-electron chi connectivity index (χ2n) is 5.50. The number of likely N-dealkylation sites (N-methyl/N-ethyl adjacent to an activating group) is 1. The van der Waals surface area contributed by atoms with Gasteiger partial charge in [-0.05, 0) is 0 Å². The monoisotopic (exact) mass is 248 g/mol. The molecule has 100 valence electrons. The molecule has 0 spiro atoms. The molecule has 2 atom stereocenters. The largest absolute Gasteiger partial charge is 0.481 e. The minimum atomic E-state index is -1.94. The van der Waals surface area contributed by atoms with E-state index in [-0.39, 0.29) is 11.0 Å². The maximum absolute atomic E-state index is 11.9. The Morgan fingerprint density at radius 3 is 2.06 bits per heavy atom. The molecule has 0 radical (unpaired) electrons. The molecule has 0 amide bonds. The molecule has 0 bridgehead atoms. The van der Waals surface area contributed by atoms with Crippen molar-refractivity contribution in [3.05, 3.63) is 0 Å². The summed E-state index contributed by atoms with van der Waals surface area (Å²) in [6.07, 6.45) is -0.647. The summed E-state index contributed by atoms with van der Waals surface area (Å²) in [6, 6.07) is 0. The molecule has 0 fully saturated rings. The third-order valence-corrected chi connectivity index (χ3v) is 2.36. The third-order valence-electron chi connectivity index (χ3n) is 2.36. The minimum absolute atomic E-state index is 0.0114. The van der Waals surface area contributed by atoms with Crippen LogP contribution in [0.25, 0.3) is 0 Å². The Hall–Kier alpha value is -0.980. The van der Waals surface area contributed by atoms with Gasteiger partial charge in [0.15, 0.2) is 11.4 Å². The molecule has 3 N–H and O–H groups in total. The van der Waals surface area contributed by atoms with Crippen LogP contribution >= 0.6 is 0 Å². The number of carbonyl (C=O) groups is 2. The van der Waals surface area contributed by atoms with Gasteiger partial charge in [-0.1, -0.05) is 6.92 Å². The van der Waals surface area contributed by atoms with Crippen molar-refractivity contribution >= 4 is 11.8 Å². The SMILES string of the molecule is CC(CO)C(=O)[C@](O)(CC(=O)O)C[N+](C)(C)C. The Labute approximate surface area is 101 Å². The van der Waals surface area contributed by atoms with E-state index in [4.69, 9.17) is 10.2 Å². The highest BCUT2D eigenvalue weighted by atomic mass is 16.4. The first-order valence-electron chi connectivity index (χ1n) is 5.41. The van der Waals surface area contributed by atoms with Crippen LogP contribution in [-0.2, 0) is 9.59 Å². The maximum Gasteiger partial charge on any atom is 0.306 e. The van der Waals surface area contributed by atoms with Crippen molar-refractivity contribution in [2.45, 2.75) is 18.9 Å². The van der Waals surface area contributed by atoms with Gasteiger partial charge in [0.2, 0.25) is 0 Å². The summed E-state index contributed by atoms with van der Waals surface area (Å²) in [5, 5.41) is 27.9. The van der Waals surface area contributed by atoms with Crippen molar-refractivity contribution in [3.8, 4) is 0 Å². The van der Waals surface area contributed by atoms with Crippen molar-refractivity contribution in [1.82, 2.24) is 0 Å². The fraction of sp³-hybridized carbons (Fsp3) is 0.818. The minimum Gasteiger partial charge on any atom is -0.481 e. The average Bonchev–Trinajstić information content (AvgIpc) is 2.10. The average molecular weight is 248 g/mol. The predicted molar refractivity (Wildman–Crippen MR) is 61.4 cm³/mol. The van der Waals surface area contributed by atoms with Crippen LogP contribution in [0.1, 0.15) is 13.3 Å². The molecule has 0 heterocycles. The van der Waals surface area contributed by atoms with Gasteiger partial charge in [0.25, 0.3) is 0 Å². The molecule has 17 heavy (non-hydrogen) atoms. The lowest BCUT2D eigenvalue weighted by Gasteiger charge is -2.34. The van der Waals surface area contributed by atoms with Gasteiger partial charge in [-0.25, -0.2) is 0 Å². The molecule has 0 aromatic heterocycles. The standard InChI is InChI=1S/C11H21NO5/c1-8(6-13)10(16)11(17,5-9(14)15)7-12(2,3)4/h8,13,17H,5-7H2,1-4H3/p+1/t8?,11-/m0/s1. The molecule has 1 unspecified atom stereocenters. The summed E-state index contributed by atoms with van der Waals surface area (Å²) in [5.41, 5.74) is -1.94. The summed E-state index contributed by atoms with van der Waals surface area (Å²) < 4.78 is 0.258. The first-order valence-corrected chi connectivity index (χ1v) is 5.41. The zero-order chi connectivity index (χ0) is 13.9. The molecular weight excluding hydrogens is 226 g/mol. The molecule has 0 aliphatic rings. The first-order chi connectivity index (χ1) is 7.52. The molecule has 0 aromatic carbocycles. The lowest BCUT2D eigenvalue weighted by atomic mass is 9.86. The van der Waals surface area contributed by atoms with Gasteiger partial charge in [0.05, 0.1) is 34.2 Å². The number of carboxylic acids is 1. The maximum atomic E-state index is 11.9. The van der Waals surface area contributed by atoms with Crippen LogP contribution in [-0.4, -0.2) is 71.5 Å². The number of ketones is 1. The summed E-state index contributed by atoms with van der Waals surface area (Å²) >= 11 is 0. The van der Waals surface area contributed by atoms with Crippen LogP contribution < -0.4 is 0 Å². The smallest absolute Gasteiger partial charge is 0.306 e. The van der Waals surface area contributed by atoms with Crippen LogP contribution in [0.5, 0.6) is 0 Å². The van der Waals surface area contributed by atoms with Crippen LogP contribution in [0.3, 0.4) is 0 Å². The molecule has 0 saturated heterocycles. The Morgan fingerprint density at radius 2 is 1.76 bits per heavy atom. The topological polar surface area (TPSA) is 94.8 Å². The van der Waals surface area contributed by atoms with Gasteiger partial charge in [0, 0.05) is 5.92 Å². The number of rotatable bonds is 7. The summed E-state index contributed by atoms with van der Waals surface area (Å²) in [5.74, 6) is -2.64. The Morgan fingerprint density at radius 1 is 1.29 bits per heavy atom. The van der Waals surface area contributed by atoms with Crippen molar-refractivity contribution < 1.29 is 29.4 Å². The van der Waals surface area contributed by atoms with Gasteiger partial charge in [-0.2, -0.15) is 0 Å². The number of carboxylic acid groups (broad SMARTS) is 1. The van der Waals surface area contributed by atoms with E-state index in [0.29, 0.717) is 0 Å². The summed E-state index contributed by atoms with van der Waals surface area (Å²) in [4.78, 5) is 22.7. The molecule has 0 rings (SSSR count). The van der Waals surface area contributed by atoms with Crippen molar-refractivity contribution in [2.24, 2.45) is 5.92 Å². The van der Waals surface area contributed by atoms with Crippen LogP contribution in [0.15, 0.2) is 0 Å². The Kier molecular flexibility index (Phi) is 5.25. The summed E-state index contributed by atoms with van der Waals surface area (Å²) in [6.45, 7) is 1.05. The zero-order valence-electron chi connectivity index (χ0n) is 10.8. The lowest BCUT2D eigenvalue weighted by molar-refractivity contribution is -0.875. The fourth-order valence-electron chi connectivity index (χ4n) is 1.80. The van der Waals surface area contributed by atoms with Gasteiger partial charge in [-0.3, -0.25) is 9.59 Å². The highest BCUT2D eigenvalue weighted by Gasteiger charge is 2.44. The van der Waals surface area contributed by atoms with E-state index in [1.807, 2.05) is 0 Å². The van der Waals surface area contributed by atoms with E-state index >= 15 is 0 Å². The van der Waals surface area contributed by atoms with Crippen LogP contribution in [0.4, 0.5) is 0 Å². The quantitative estimate of drug-likeness (QED) is 0.507.